The Balaban J connectivity index is 0.000000153. The summed E-state index contributed by atoms with van der Waals surface area (Å²) in [5.41, 5.74) is 10.5. The van der Waals surface area contributed by atoms with Gasteiger partial charge < -0.3 is 29.4 Å². The van der Waals surface area contributed by atoms with E-state index in [1.54, 1.807) is 119 Å². The molecule has 0 saturated carbocycles. The first-order valence-corrected chi connectivity index (χ1v) is 52.6. The Kier molecular flexibility index (Phi) is 27.7. The minimum absolute atomic E-state index is 0. The SMILES string of the molecule is C[C@@H](c1cccc(F)c1)N1CCN([C@H]2CCN(c3ccc(S(=O)(=O)Nc4nccs4)cc3)C2=O)CC1.Cc1ccc2c(c1)CCCN2[C@H]1CCN(c2ccc(S(=O)(=O)Nc3nccs3)cc2)C1=O.O=C1[C@@H](N2CCc3ccc(C(F)(F)F)cc32)CCN1c1ccc(S(=O)(=O)Nc2nccs2)cc1.O=C1[C@@H](N2CCc3ccccc3C2)CCN1c1ccc(S(=O)(=O)Nc2nccs2)cc1.[HH].[HH].[HH].[HH]. The average Bonchev–Trinajstić information content (AvgIpc) is 1.58. The highest BCUT2D eigenvalue weighted by Gasteiger charge is 2.45. The summed E-state index contributed by atoms with van der Waals surface area (Å²) in [7, 11) is -15.0. The van der Waals surface area contributed by atoms with Crippen molar-refractivity contribution in [1.82, 2.24) is 34.6 Å². The third-order valence-electron chi connectivity index (χ3n) is 24.9. The van der Waals surface area contributed by atoms with Crippen molar-refractivity contribution in [2.75, 3.05) is 120 Å². The molecular weight excluding hydrogens is 1870 g/mol. The van der Waals surface area contributed by atoms with E-state index in [2.05, 4.69) is 109 Å². The van der Waals surface area contributed by atoms with Gasteiger partial charge >= 0.3 is 6.18 Å². The van der Waals surface area contributed by atoms with Gasteiger partial charge in [0.05, 0.1) is 37.2 Å². The van der Waals surface area contributed by atoms with E-state index < -0.39 is 57.9 Å². The molecule has 12 aromatic rings. The van der Waals surface area contributed by atoms with Crippen molar-refractivity contribution in [3.05, 3.63) is 273 Å². The predicted octanol–water partition coefficient (Wildman–Crippen LogP) is 15.6. The molecule has 0 bridgehead atoms. The van der Waals surface area contributed by atoms with Gasteiger partial charge in [0.2, 0.25) is 23.6 Å². The molecule has 4 aromatic heterocycles. The van der Waals surface area contributed by atoms with Gasteiger partial charge in [-0.15, -0.1) is 45.3 Å². The first-order chi connectivity index (χ1) is 63.9. The van der Waals surface area contributed by atoms with Crippen LogP contribution in [0, 0.1) is 12.7 Å². The highest BCUT2D eigenvalue weighted by Crippen LogP contribution is 2.42. The highest BCUT2D eigenvalue weighted by molar-refractivity contribution is 7.94. The van der Waals surface area contributed by atoms with E-state index in [9.17, 15) is 70.4 Å². The number of halogens is 4. The maximum atomic E-state index is 13.6. The van der Waals surface area contributed by atoms with Crippen molar-refractivity contribution in [2.24, 2.45) is 0 Å². The van der Waals surface area contributed by atoms with Crippen molar-refractivity contribution >= 4 is 164 Å². The number of hydrogen-bond acceptors (Lipinski definition) is 25. The number of aryl methyl sites for hydroxylation is 2. The van der Waals surface area contributed by atoms with E-state index in [0.29, 0.717) is 83.7 Å². The molecule has 4 N–H and O–H groups in total. The number of fused-ring (bicyclic) bond motifs is 3. The van der Waals surface area contributed by atoms with E-state index in [1.807, 2.05) is 12.1 Å². The number of anilines is 10. The summed E-state index contributed by atoms with van der Waals surface area (Å²) in [5.74, 6) is -0.262. The molecule has 8 aliphatic rings. The zero-order valence-electron chi connectivity index (χ0n) is 72.0. The number of nitrogens with zero attached hydrogens (tertiary/aromatic N) is 13. The number of carbonyl (C=O) groups is 4. The standard InChI is InChI=1S/C25H28FN5O3S2.C23H24N4O3S2.C22H19F3N4O3S2.C22H22N4O3S2.4H2/c1-18(19-3-2-4-20(26)17-19)29-12-14-30(15-13-29)23-9-11-31(24(23)32)21-5-7-22(8-6-21)36(33,34)28-25-27-10-16-35-25;1-16-4-9-20-17(15-16)3-2-12-27(20)21-10-13-26(22(21)28)18-5-7-19(8-6-18)32(29,30)25-23-24-11-14-31-23;23-22(24,25)15-2-1-14-7-10-29(19(14)13-15)18-8-11-28(20(18)30)16-3-5-17(6-4-16)34(31,32)27-21-26-9-12-33-21;27-21-20(25-12-9-16-3-1-2-4-17(16)15-25)10-13-26(21)18-5-7-19(8-6-18)31(28,29)24-22-23-11-14-30-22;;;;/h2-8,10,16-18,23H,9,11-15H2,1H3,(H,27,28);4-9,11,14-15,21H,2-3,10,12-13H2,1H3,(H,24,25);1-6,9,12-13,18H,7-8,10-11H2,(H,26,27);1-8,11,14,20H,9-10,12-13,15H2,(H,23,24);4*1H/t18-,23-;21-;18-;20-;;;;/m0000..../s1. The lowest BCUT2D eigenvalue weighted by Gasteiger charge is -2.40. The first kappa shape index (κ1) is 93.2. The van der Waals surface area contributed by atoms with Gasteiger partial charge in [0, 0.05) is 171 Å². The molecule has 702 valence electrons. The number of carbonyl (C=O) groups excluding carboxylic acids is 4. The number of alkyl halides is 3. The molecule has 8 aliphatic heterocycles. The zero-order valence-corrected chi connectivity index (χ0v) is 78.5. The largest absolute Gasteiger partial charge is 0.416 e. The number of piperazine rings is 1. The van der Waals surface area contributed by atoms with Crippen LogP contribution in [0.15, 0.2) is 248 Å². The Morgan fingerprint density at radius 1 is 0.391 bits per heavy atom. The molecule has 133 heavy (non-hydrogen) atoms. The van der Waals surface area contributed by atoms with E-state index in [-0.39, 0.29) is 84.0 Å². The van der Waals surface area contributed by atoms with Gasteiger partial charge in [0.25, 0.3) is 40.1 Å². The molecule has 12 heterocycles. The molecule has 5 saturated heterocycles. The van der Waals surface area contributed by atoms with Crippen molar-refractivity contribution in [3.63, 3.8) is 0 Å². The lowest BCUT2D eigenvalue weighted by atomic mass is 9.97. The second-order valence-electron chi connectivity index (χ2n) is 32.9. The lowest BCUT2D eigenvalue weighted by molar-refractivity contribution is -0.137. The lowest BCUT2D eigenvalue weighted by Crippen LogP contribution is -2.52. The number of thiazole rings is 4. The van der Waals surface area contributed by atoms with Crippen molar-refractivity contribution in [3.8, 4) is 0 Å². The third kappa shape index (κ3) is 21.0. The first-order valence-electron chi connectivity index (χ1n) is 43.1. The van der Waals surface area contributed by atoms with Crippen LogP contribution < -0.4 is 48.3 Å². The maximum Gasteiger partial charge on any atom is 0.416 e. The fraction of sp³-hybridized carbons (Fsp3) is 0.304. The molecular formula is C92H101F4N17O12S8. The van der Waals surface area contributed by atoms with Gasteiger partial charge in [0.15, 0.2) is 20.5 Å². The van der Waals surface area contributed by atoms with Crippen LogP contribution in [0.3, 0.4) is 0 Å². The van der Waals surface area contributed by atoms with Gasteiger partial charge in [-0.05, 0) is 220 Å². The number of amides is 4. The second kappa shape index (κ2) is 39.5. The van der Waals surface area contributed by atoms with Crippen LogP contribution in [0.25, 0.3) is 0 Å². The van der Waals surface area contributed by atoms with Crippen LogP contribution in [-0.2, 0) is 91.3 Å². The van der Waals surface area contributed by atoms with Crippen molar-refractivity contribution in [1.29, 1.82) is 0 Å². The summed E-state index contributed by atoms with van der Waals surface area (Å²) in [5, 5.41) is 7.96. The predicted molar refractivity (Wildman–Crippen MR) is 517 cm³/mol. The molecule has 41 heteroatoms. The van der Waals surface area contributed by atoms with Crippen LogP contribution in [-0.4, -0.2) is 188 Å². The third-order valence-corrected chi connectivity index (χ3v) is 33.6. The molecule has 4 amide bonds. The van der Waals surface area contributed by atoms with Gasteiger partial charge in [-0.1, -0.05) is 60.2 Å². The number of aromatic nitrogens is 4. The van der Waals surface area contributed by atoms with E-state index in [4.69, 9.17) is 0 Å². The maximum absolute atomic E-state index is 13.6. The molecule has 0 aliphatic carbocycles. The monoisotopic (exact) mass is 1970 g/mol. The summed E-state index contributed by atoms with van der Waals surface area (Å²) in [6.45, 7) is 12.6. The normalized spacial score (nSPS) is 19.3. The molecule has 0 unspecified atom stereocenters. The summed E-state index contributed by atoms with van der Waals surface area (Å²) in [6, 6.07) is 49.5. The molecule has 20 rings (SSSR count). The number of nitrogens with one attached hydrogen (secondary N) is 4. The van der Waals surface area contributed by atoms with Crippen molar-refractivity contribution < 1.29 is 76.1 Å². The summed E-state index contributed by atoms with van der Waals surface area (Å²) in [4.78, 5) is 86.8. The average molecular weight is 1970 g/mol. The van der Waals surface area contributed by atoms with E-state index >= 15 is 0 Å². The van der Waals surface area contributed by atoms with Crippen LogP contribution in [0.5, 0.6) is 0 Å². The molecule has 5 atom stereocenters. The molecule has 8 aromatic carbocycles. The van der Waals surface area contributed by atoms with Crippen LogP contribution in [0.2, 0.25) is 0 Å². The minimum Gasteiger partial charge on any atom is -0.359 e. The number of rotatable bonds is 22. The minimum atomic E-state index is -4.45. The molecule has 0 spiro atoms. The van der Waals surface area contributed by atoms with Crippen LogP contribution in [0.1, 0.15) is 89.7 Å². The van der Waals surface area contributed by atoms with Gasteiger partial charge in [-0.25, -0.2) is 58.0 Å². The Morgan fingerprint density at radius 3 is 1.22 bits per heavy atom. The van der Waals surface area contributed by atoms with Gasteiger partial charge in [-0.2, -0.15) is 13.2 Å². The molecule has 5 fully saturated rings. The Labute approximate surface area is 789 Å². The van der Waals surface area contributed by atoms with E-state index in [1.165, 1.54) is 129 Å². The zero-order chi connectivity index (χ0) is 93.1. The summed E-state index contributed by atoms with van der Waals surface area (Å²) >= 11 is 4.80. The smallest absolute Gasteiger partial charge is 0.359 e. The number of sulfonamides is 4. The van der Waals surface area contributed by atoms with Crippen molar-refractivity contribution in [2.45, 2.75) is 128 Å². The summed E-state index contributed by atoms with van der Waals surface area (Å²) in [6.07, 6.45) is 7.98. The Hall–Kier alpha value is -11.6. The Morgan fingerprint density at radius 2 is 0.797 bits per heavy atom. The topological polar surface area (TPSA) is 334 Å². The molecule has 29 nitrogen and oxygen atoms in total. The fourth-order valence-corrected chi connectivity index (χ4v) is 25.3. The van der Waals surface area contributed by atoms with E-state index in [0.717, 1.165) is 130 Å². The molecule has 0 radical (unpaired) electrons. The number of hydrogen-bond donors (Lipinski definition) is 4. The highest BCUT2D eigenvalue weighted by atomic mass is 32.2. The van der Waals surface area contributed by atoms with Gasteiger partial charge in [0.1, 0.15) is 17.9 Å². The number of benzene rings is 8. The summed E-state index contributed by atoms with van der Waals surface area (Å²) < 4.78 is 163. The quantitative estimate of drug-likeness (QED) is 0.0458. The van der Waals surface area contributed by atoms with Crippen LogP contribution >= 0.6 is 45.3 Å². The Bertz CT molecular complexity index is 6700. The van der Waals surface area contributed by atoms with Gasteiger partial charge in [-0.3, -0.25) is 52.8 Å². The van der Waals surface area contributed by atoms with Crippen LogP contribution in [0.4, 0.5) is 72.2 Å². The fourth-order valence-electron chi connectivity index (χ4n) is 18.1. The second-order valence-corrected chi connectivity index (χ2v) is 43.2.